The summed E-state index contributed by atoms with van der Waals surface area (Å²) in [7, 11) is 0. The third kappa shape index (κ3) is 5.77. The molecule has 3 heterocycles. The molecule has 204 valence electrons. The van der Waals surface area contributed by atoms with Gasteiger partial charge < -0.3 is 14.8 Å². The molecule has 0 atom stereocenters. The first-order valence-electron chi connectivity index (χ1n) is 12.4. The monoisotopic (exact) mass is 576 g/mol. The van der Waals surface area contributed by atoms with Crippen molar-refractivity contribution < 1.29 is 23.9 Å². The molecule has 1 N–H and O–H groups in total. The molecule has 40 heavy (non-hydrogen) atoms. The average Bonchev–Trinajstić information content (AvgIpc) is 3.50. The second-order valence-corrected chi connectivity index (χ2v) is 10.8. The Morgan fingerprint density at radius 2 is 1.82 bits per heavy atom. The van der Waals surface area contributed by atoms with Crippen molar-refractivity contribution in [3.8, 4) is 0 Å². The van der Waals surface area contributed by atoms with Crippen molar-refractivity contribution in [2.24, 2.45) is 0 Å². The number of ether oxygens (including phenoxy) is 2. The van der Waals surface area contributed by atoms with Gasteiger partial charge in [-0.15, -0.1) is 11.3 Å². The highest BCUT2D eigenvalue weighted by Gasteiger charge is 2.21. The minimum absolute atomic E-state index is 0.213. The zero-order valence-corrected chi connectivity index (χ0v) is 23.3. The van der Waals surface area contributed by atoms with Crippen LogP contribution in [0.2, 0.25) is 0 Å². The Morgan fingerprint density at radius 3 is 2.60 bits per heavy atom. The lowest BCUT2D eigenvalue weighted by Crippen LogP contribution is -2.27. The number of carbonyl (C=O) groups excluding carboxylic acids is 3. The average molecular weight is 577 g/mol. The highest BCUT2D eigenvalue weighted by Crippen LogP contribution is 2.28. The Morgan fingerprint density at radius 1 is 1.02 bits per heavy atom. The summed E-state index contributed by atoms with van der Waals surface area (Å²) in [6.07, 6.45) is 1.87. The maximum absolute atomic E-state index is 13.2. The second kappa shape index (κ2) is 11.8. The van der Waals surface area contributed by atoms with Gasteiger partial charge in [0.2, 0.25) is 5.91 Å². The number of thiophene rings is 1. The minimum Gasteiger partial charge on any atom is -0.462 e. The van der Waals surface area contributed by atoms with Crippen LogP contribution in [0.4, 0.5) is 5.13 Å². The SMILES string of the molecule is CCOC(=O)c1ccc2nc(NC(=O)Cn3cnc4sc(C(=O)OCCc5ccccc5)c(C)c4c3=O)sc2c1. The highest BCUT2D eigenvalue weighted by atomic mass is 32.1. The van der Waals surface area contributed by atoms with Crippen molar-refractivity contribution in [1.29, 1.82) is 0 Å². The van der Waals surface area contributed by atoms with Crippen molar-refractivity contribution in [1.82, 2.24) is 14.5 Å². The smallest absolute Gasteiger partial charge is 0.348 e. The zero-order valence-electron chi connectivity index (χ0n) is 21.6. The Bertz CT molecular complexity index is 1790. The number of hydrogen-bond donors (Lipinski definition) is 1. The first kappa shape index (κ1) is 27.2. The van der Waals surface area contributed by atoms with Crippen LogP contribution in [0.3, 0.4) is 0 Å². The van der Waals surface area contributed by atoms with Crippen LogP contribution < -0.4 is 10.9 Å². The van der Waals surface area contributed by atoms with Gasteiger partial charge >= 0.3 is 11.9 Å². The first-order chi connectivity index (χ1) is 19.3. The number of amides is 1. The molecule has 10 nitrogen and oxygen atoms in total. The van der Waals surface area contributed by atoms with Crippen LogP contribution in [0.15, 0.2) is 59.7 Å². The number of esters is 2. The summed E-state index contributed by atoms with van der Waals surface area (Å²) >= 11 is 2.29. The van der Waals surface area contributed by atoms with Gasteiger partial charge in [-0.1, -0.05) is 41.7 Å². The number of carbonyl (C=O) groups is 3. The predicted octanol–water partition coefficient (Wildman–Crippen LogP) is 4.59. The van der Waals surface area contributed by atoms with Crippen LogP contribution >= 0.6 is 22.7 Å². The summed E-state index contributed by atoms with van der Waals surface area (Å²) in [6.45, 7) is 3.59. The summed E-state index contributed by atoms with van der Waals surface area (Å²) < 4.78 is 12.4. The number of hydrogen-bond acceptors (Lipinski definition) is 10. The summed E-state index contributed by atoms with van der Waals surface area (Å²) in [5.74, 6) is -1.42. The maximum Gasteiger partial charge on any atom is 0.348 e. The summed E-state index contributed by atoms with van der Waals surface area (Å²) in [6, 6.07) is 14.6. The van der Waals surface area contributed by atoms with Gasteiger partial charge in [-0.05, 0) is 43.2 Å². The van der Waals surface area contributed by atoms with E-state index in [1.807, 2.05) is 30.3 Å². The molecule has 5 aromatic rings. The van der Waals surface area contributed by atoms with Gasteiger partial charge in [-0.2, -0.15) is 0 Å². The Hall–Kier alpha value is -4.42. The Balaban J connectivity index is 1.27. The number of rotatable bonds is 9. The van der Waals surface area contributed by atoms with E-state index in [-0.39, 0.29) is 25.1 Å². The van der Waals surface area contributed by atoms with Gasteiger partial charge in [0.1, 0.15) is 16.3 Å². The Labute approximate surface area is 236 Å². The minimum atomic E-state index is -0.512. The molecular formula is C28H24N4O6S2. The van der Waals surface area contributed by atoms with Gasteiger partial charge in [-0.25, -0.2) is 19.6 Å². The zero-order chi connectivity index (χ0) is 28.2. The topological polar surface area (TPSA) is 129 Å². The fourth-order valence-corrected chi connectivity index (χ4v) is 6.03. The molecular weight excluding hydrogens is 552 g/mol. The second-order valence-electron chi connectivity index (χ2n) is 8.76. The van der Waals surface area contributed by atoms with E-state index in [1.165, 1.54) is 22.2 Å². The standard InChI is InChI=1S/C28H24N4O6S2/c1-3-37-26(35)18-9-10-19-20(13-18)39-28(30-19)31-21(33)14-32-15-29-24-22(25(32)34)16(2)23(40-24)27(36)38-12-11-17-7-5-4-6-8-17/h4-10,13,15H,3,11-12,14H2,1-2H3,(H,30,31,33). The maximum atomic E-state index is 13.2. The molecule has 0 unspecified atom stereocenters. The number of benzene rings is 2. The van der Waals surface area contributed by atoms with E-state index in [2.05, 4.69) is 15.3 Å². The van der Waals surface area contributed by atoms with Crippen LogP contribution in [-0.2, 0) is 27.2 Å². The summed E-state index contributed by atoms with van der Waals surface area (Å²) in [5.41, 5.74) is 2.11. The fourth-order valence-electron chi connectivity index (χ4n) is 4.07. The number of nitrogens with one attached hydrogen (secondary N) is 1. The van der Waals surface area contributed by atoms with Crippen LogP contribution in [0.1, 0.15) is 38.1 Å². The molecule has 0 bridgehead atoms. The lowest BCUT2D eigenvalue weighted by molar-refractivity contribution is -0.116. The van der Waals surface area contributed by atoms with E-state index in [1.54, 1.807) is 32.0 Å². The first-order valence-corrected chi connectivity index (χ1v) is 14.0. The van der Waals surface area contributed by atoms with Crippen molar-refractivity contribution in [3.63, 3.8) is 0 Å². The normalized spacial score (nSPS) is 11.1. The molecule has 5 rings (SSSR count). The molecule has 0 saturated carbocycles. The molecule has 0 aliphatic rings. The van der Waals surface area contributed by atoms with Crippen LogP contribution in [0.25, 0.3) is 20.4 Å². The van der Waals surface area contributed by atoms with Gasteiger partial charge in [0.05, 0.1) is 40.7 Å². The number of aryl methyl sites for hydroxylation is 1. The van der Waals surface area contributed by atoms with Gasteiger partial charge in [-0.3, -0.25) is 14.2 Å². The van der Waals surface area contributed by atoms with E-state index < -0.39 is 23.4 Å². The number of aromatic nitrogens is 3. The summed E-state index contributed by atoms with van der Waals surface area (Å²) in [5, 5.41) is 3.31. The quantitative estimate of drug-likeness (QED) is 0.252. The van der Waals surface area contributed by atoms with Crippen molar-refractivity contribution in [2.45, 2.75) is 26.8 Å². The van der Waals surface area contributed by atoms with Gasteiger partial charge in [0, 0.05) is 6.42 Å². The largest absolute Gasteiger partial charge is 0.462 e. The van der Waals surface area contributed by atoms with Gasteiger partial charge in [0.25, 0.3) is 5.56 Å². The third-order valence-corrected chi connectivity index (χ3v) is 8.14. The Kier molecular flexibility index (Phi) is 7.99. The van der Waals surface area contributed by atoms with E-state index in [0.29, 0.717) is 42.6 Å². The number of anilines is 1. The molecule has 1 amide bonds. The van der Waals surface area contributed by atoms with Crippen LogP contribution in [-0.4, -0.2) is 45.6 Å². The van der Waals surface area contributed by atoms with Crippen molar-refractivity contribution >= 4 is 66.1 Å². The molecule has 0 spiro atoms. The molecule has 0 radical (unpaired) electrons. The lowest BCUT2D eigenvalue weighted by atomic mass is 10.2. The molecule has 0 saturated heterocycles. The molecule has 3 aromatic heterocycles. The van der Waals surface area contributed by atoms with Crippen LogP contribution in [0.5, 0.6) is 0 Å². The predicted molar refractivity (Wildman–Crippen MR) is 153 cm³/mol. The summed E-state index contributed by atoms with van der Waals surface area (Å²) in [4.78, 5) is 60.1. The molecule has 0 aliphatic carbocycles. The molecule has 12 heteroatoms. The number of fused-ring (bicyclic) bond motifs is 2. The van der Waals surface area contributed by atoms with Gasteiger partial charge in [0.15, 0.2) is 5.13 Å². The lowest BCUT2D eigenvalue weighted by Gasteiger charge is -2.05. The van der Waals surface area contributed by atoms with Crippen LogP contribution in [0, 0.1) is 6.92 Å². The van der Waals surface area contributed by atoms with Crippen molar-refractivity contribution in [3.05, 3.63) is 86.8 Å². The van der Waals surface area contributed by atoms with E-state index in [4.69, 9.17) is 9.47 Å². The van der Waals surface area contributed by atoms with E-state index >= 15 is 0 Å². The molecule has 0 fully saturated rings. The van der Waals surface area contributed by atoms with E-state index in [0.717, 1.165) is 16.9 Å². The fraction of sp³-hybridized carbons (Fsp3) is 0.214. The molecule has 2 aromatic carbocycles. The highest BCUT2D eigenvalue weighted by molar-refractivity contribution is 7.22. The van der Waals surface area contributed by atoms with Crippen molar-refractivity contribution in [2.75, 3.05) is 18.5 Å². The third-order valence-electron chi connectivity index (χ3n) is 6.03. The van der Waals surface area contributed by atoms with E-state index in [9.17, 15) is 19.2 Å². The number of thiazole rings is 1. The molecule has 0 aliphatic heterocycles. The number of nitrogens with zero attached hydrogens (tertiary/aromatic N) is 3.